The molecular weight excluding hydrogens is 216 g/mol. The average Bonchev–Trinajstić information content (AvgIpc) is 2.41. The number of rotatable bonds is 4. The lowest BCUT2D eigenvalue weighted by Crippen LogP contribution is -2.41. The Morgan fingerprint density at radius 2 is 2.06 bits per heavy atom. The molecule has 4 nitrogen and oxygen atoms in total. The van der Waals surface area contributed by atoms with Crippen LogP contribution in [0.1, 0.15) is 6.42 Å². The molecule has 1 heterocycles. The Morgan fingerprint density at radius 3 is 2.76 bits per heavy atom. The lowest BCUT2D eigenvalue weighted by atomic mass is 10.3. The van der Waals surface area contributed by atoms with E-state index in [2.05, 4.69) is 11.4 Å². The first kappa shape index (κ1) is 11.9. The van der Waals surface area contributed by atoms with Crippen LogP contribution < -0.4 is 5.32 Å². The van der Waals surface area contributed by atoms with E-state index in [1.807, 2.05) is 29.2 Å². The largest absolute Gasteiger partial charge is 0.385 e. The molecule has 0 aliphatic carbocycles. The summed E-state index contributed by atoms with van der Waals surface area (Å²) in [6, 6.07) is 10.5. The molecule has 0 aromatic heterocycles. The van der Waals surface area contributed by atoms with Gasteiger partial charge in [-0.2, -0.15) is 0 Å². The van der Waals surface area contributed by atoms with Crippen molar-refractivity contribution in [3.8, 4) is 0 Å². The van der Waals surface area contributed by atoms with E-state index in [9.17, 15) is 4.79 Å². The Bertz CT molecular complexity index is 348. The highest BCUT2D eigenvalue weighted by Gasteiger charge is 2.15. The van der Waals surface area contributed by atoms with Crippen molar-refractivity contribution in [3.63, 3.8) is 0 Å². The summed E-state index contributed by atoms with van der Waals surface area (Å²) in [5.41, 5.74) is 1.03. The minimum absolute atomic E-state index is 0.197. The molecule has 1 radical (unpaired) electrons. The number of benzene rings is 1. The van der Waals surface area contributed by atoms with Crippen LogP contribution in [-0.2, 0) is 9.53 Å². The third-order valence-corrected chi connectivity index (χ3v) is 2.75. The van der Waals surface area contributed by atoms with Gasteiger partial charge in [0.15, 0.2) is 0 Å². The fraction of sp³-hybridized carbons (Fsp3) is 0.462. The molecule has 17 heavy (non-hydrogen) atoms. The van der Waals surface area contributed by atoms with E-state index in [-0.39, 0.29) is 5.91 Å². The molecule has 1 amide bonds. The molecule has 1 aliphatic rings. The van der Waals surface area contributed by atoms with Crippen LogP contribution in [0.5, 0.6) is 0 Å². The molecule has 1 aromatic carbocycles. The second kappa shape index (κ2) is 6.25. The van der Waals surface area contributed by atoms with Gasteiger partial charge in [-0.1, -0.05) is 12.1 Å². The SMILES string of the molecule is O=C(CCNc1cc[c]cc1)N1CCOCC1. The summed E-state index contributed by atoms with van der Waals surface area (Å²) in [5.74, 6) is 0.197. The summed E-state index contributed by atoms with van der Waals surface area (Å²) in [7, 11) is 0. The van der Waals surface area contributed by atoms with E-state index in [1.165, 1.54) is 0 Å². The normalized spacial score (nSPS) is 15.6. The zero-order valence-corrected chi connectivity index (χ0v) is 9.82. The molecule has 1 fully saturated rings. The van der Waals surface area contributed by atoms with Crippen molar-refractivity contribution in [2.75, 3.05) is 38.2 Å². The van der Waals surface area contributed by atoms with Gasteiger partial charge in [0, 0.05) is 31.7 Å². The van der Waals surface area contributed by atoms with Gasteiger partial charge >= 0.3 is 0 Å². The smallest absolute Gasteiger partial charge is 0.224 e. The van der Waals surface area contributed by atoms with Gasteiger partial charge in [0.05, 0.1) is 13.2 Å². The summed E-state index contributed by atoms with van der Waals surface area (Å²) in [4.78, 5) is 13.7. The van der Waals surface area contributed by atoms with Gasteiger partial charge in [0.2, 0.25) is 5.91 Å². The fourth-order valence-corrected chi connectivity index (χ4v) is 1.79. The first-order valence-electron chi connectivity index (χ1n) is 5.92. The van der Waals surface area contributed by atoms with Gasteiger partial charge in [-0.15, -0.1) is 0 Å². The number of hydrogen-bond donors (Lipinski definition) is 1. The van der Waals surface area contributed by atoms with E-state index < -0.39 is 0 Å². The van der Waals surface area contributed by atoms with Gasteiger partial charge < -0.3 is 15.0 Å². The van der Waals surface area contributed by atoms with Gasteiger partial charge in [0.25, 0.3) is 0 Å². The highest BCUT2D eigenvalue weighted by molar-refractivity contribution is 5.76. The molecule has 91 valence electrons. The van der Waals surface area contributed by atoms with Gasteiger partial charge in [-0.3, -0.25) is 4.79 Å². The van der Waals surface area contributed by atoms with Crippen LogP contribution in [0.3, 0.4) is 0 Å². The maximum atomic E-state index is 11.8. The van der Waals surface area contributed by atoms with Crippen LogP contribution in [0, 0.1) is 6.07 Å². The maximum Gasteiger partial charge on any atom is 0.224 e. The molecule has 4 heteroatoms. The number of ether oxygens (including phenoxy) is 1. The lowest BCUT2D eigenvalue weighted by Gasteiger charge is -2.26. The average molecular weight is 233 g/mol. The molecule has 0 spiro atoms. The summed E-state index contributed by atoms with van der Waals surface area (Å²) in [6.07, 6.45) is 0.526. The zero-order valence-electron chi connectivity index (χ0n) is 9.82. The maximum absolute atomic E-state index is 11.8. The molecule has 0 saturated carbocycles. The van der Waals surface area contributed by atoms with Crippen LogP contribution in [0.15, 0.2) is 24.3 Å². The minimum atomic E-state index is 0.197. The van der Waals surface area contributed by atoms with E-state index in [0.717, 1.165) is 18.8 Å². The highest BCUT2D eigenvalue weighted by Crippen LogP contribution is 2.05. The van der Waals surface area contributed by atoms with Crippen LogP contribution in [0.4, 0.5) is 5.69 Å². The van der Waals surface area contributed by atoms with Crippen LogP contribution in [0.25, 0.3) is 0 Å². The van der Waals surface area contributed by atoms with Crippen LogP contribution in [-0.4, -0.2) is 43.7 Å². The summed E-state index contributed by atoms with van der Waals surface area (Å²) >= 11 is 0. The predicted molar refractivity (Wildman–Crippen MR) is 65.8 cm³/mol. The fourth-order valence-electron chi connectivity index (χ4n) is 1.79. The number of hydrogen-bond acceptors (Lipinski definition) is 3. The number of nitrogens with zero attached hydrogens (tertiary/aromatic N) is 1. The molecule has 1 aliphatic heterocycles. The molecule has 0 atom stereocenters. The molecule has 1 N–H and O–H groups in total. The lowest BCUT2D eigenvalue weighted by molar-refractivity contribution is -0.134. The zero-order chi connectivity index (χ0) is 11.9. The minimum Gasteiger partial charge on any atom is -0.385 e. The van der Waals surface area contributed by atoms with Crippen LogP contribution >= 0.6 is 0 Å². The quantitative estimate of drug-likeness (QED) is 0.848. The number of anilines is 1. The van der Waals surface area contributed by atoms with E-state index in [1.54, 1.807) is 0 Å². The molecule has 1 saturated heterocycles. The number of carbonyl (C=O) groups excluding carboxylic acids is 1. The van der Waals surface area contributed by atoms with Gasteiger partial charge in [-0.25, -0.2) is 0 Å². The van der Waals surface area contributed by atoms with Crippen molar-refractivity contribution in [2.45, 2.75) is 6.42 Å². The number of carbonyl (C=O) groups is 1. The third kappa shape index (κ3) is 3.75. The van der Waals surface area contributed by atoms with Crippen molar-refractivity contribution in [1.82, 2.24) is 4.90 Å². The predicted octanol–water partition coefficient (Wildman–Crippen LogP) is 1.15. The monoisotopic (exact) mass is 233 g/mol. The van der Waals surface area contributed by atoms with E-state index >= 15 is 0 Å². The first-order valence-corrected chi connectivity index (χ1v) is 5.92. The molecule has 1 aromatic rings. The van der Waals surface area contributed by atoms with Crippen LogP contribution in [0.2, 0.25) is 0 Å². The Kier molecular flexibility index (Phi) is 4.38. The Labute approximate surface area is 102 Å². The number of morpholine rings is 1. The summed E-state index contributed by atoms with van der Waals surface area (Å²) in [5, 5.41) is 3.22. The van der Waals surface area contributed by atoms with E-state index in [0.29, 0.717) is 26.2 Å². The molecule has 2 rings (SSSR count). The Balaban J connectivity index is 1.69. The van der Waals surface area contributed by atoms with Crippen molar-refractivity contribution in [1.29, 1.82) is 0 Å². The van der Waals surface area contributed by atoms with Crippen molar-refractivity contribution < 1.29 is 9.53 Å². The van der Waals surface area contributed by atoms with Crippen molar-refractivity contribution in [2.24, 2.45) is 0 Å². The number of nitrogens with one attached hydrogen (secondary N) is 1. The molecular formula is C13H17N2O2. The number of amides is 1. The van der Waals surface area contributed by atoms with Gasteiger partial charge in [0.1, 0.15) is 0 Å². The van der Waals surface area contributed by atoms with Crippen molar-refractivity contribution in [3.05, 3.63) is 30.3 Å². The van der Waals surface area contributed by atoms with E-state index in [4.69, 9.17) is 4.74 Å². The van der Waals surface area contributed by atoms with Gasteiger partial charge in [-0.05, 0) is 18.2 Å². The molecule has 0 unspecified atom stereocenters. The third-order valence-electron chi connectivity index (χ3n) is 2.75. The Hall–Kier alpha value is -1.55. The standard InChI is InChI=1S/C13H17N2O2/c16-13(15-8-10-17-11-9-15)6-7-14-12-4-2-1-3-5-12/h2-5,14H,6-11H2. The van der Waals surface area contributed by atoms with Crippen molar-refractivity contribution >= 4 is 11.6 Å². The first-order chi connectivity index (χ1) is 8.36. The summed E-state index contributed by atoms with van der Waals surface area (Å²) in [6.45, 7) is 3.43. The second-order valence-electron chi connectivity index (χ2n) is 3.96. The second-order valence-corrected chi connectivity index (χ2v) is 3.96. The highest BCUT2D eigenvalue weighted by atomic mass is 16.5. The Morgan fingerprint density at radius 1 is 1.35 bits per heavy atom. The summed E-state index contributed by atoms with van der Waals surface area (Å²) < 4.78 is 5.21. The topological polar surface area (TPSA) is 41.6 Å². The molecule has 0 bridgehead atoms.